The zero-order valence-electron chi connectivity index (χ0n) is 10.9. The van der Waals surface area contributed by atoms with Gasteiger partial charge in [0.15, 0.2) is 0 Å². The van der Waals surface area contributed by atoms with Crippen molar-refractivity contribution in [3.05, 3.63) is 47.7 Å². The van der Waals surface area contributed by atoms with Crippen LogP contribution >= 0.6 is 0 Å². The van der Waals surface area contributed by atoms with E-state index >= 15 is 0 Å². The van der Waals surface area contributed by atoms with Crippen LogP contribution in [-0.2, 0) is 6.54 Å². The summed E-state index contributed by atoms with van der Waals surface area (Å²) < 4.78 is 0. The maximum Gasteiger partial charge on any atom is 0.142 e. The lowest BCUT2D eigenvalue weighted by Crippen LogP contribution is -2.03. The number of aromatic nitrogens is 4. The molecule has 0 aliphatic rings. The van der Waals surface area contributed by atoms with Crippen LogP contribution < -0.4 is 5.32 Å². The minimum Gasteiger partial charge on any atom is -0.365 e. The number of pyridine rings is 1. The first-order valence-electron chi connectivity index (χ1n) is 6.18. The Labute approximate surface area is 111 Å². The number of nitrogens with one attached hydrogen (secondary N) is 2. The molecule has 0 saturated carbocycles. The van der Waals surface area contributed by atoms with Crippen molar-refractivity contribution in [3.63, 3.8) is 0 Å². The summed E-state index contributed by atoms with van der Waals surface area (Å²) in [6, 6.07) is 6.13. The number of anilines is 1. The van der Waals surface area contributed by atoms with Crippen LogP contribution in [0.4, 0.5) is 5.82 Å². The van der Waals surface area contributed by atoms with Crippen molar-refractivity contribution in [2.75, 3.05) is 5.32 Å². The fourth-order valence-electron chi connectivity index (χ4n) is 2.22. The minimum atomic E-state index is 0.724. The Bertz CT molecular complexity index is 696. The topological polar surface area (TPSA) is 66.5 Å². The monoisotopic (exact) mass is 253 g/mol. The van der Waals surface area contributed by atoms with E-state index in [1.54, 1.807) is 6.33 Å². The molecule has 0 bridgehead atoms. The number of fused-ring (bicyclic) bond motifs is 1. The number of aryl methyl sites for hydroxylation is 2. The highest BCUT2D eigenvalue weighted by Crippen LogP contribution is 2.18. The van der Waals surface area contributed by atoms with Gasteiger partial charge in [0.1, 0.15) is 17.8 Å². The van der Waals surface area contributed by atoms with Gasteiger partial charge in [-0.3, -0.25) is 4.98 Å². The third-order valence-electron chi connectivity index (χ3n) is 2.96. The van der Waals surface area contributed by atoms with Crippen LogP contribution in [-0.4, -0.2) is 19.9 Å². The Morgan fingerprint density at radius 1 is 1.16 bits per heavy atom. The molecule has 0 radical (unpaired) electrons. The van der Waals surface area contributed by atoms with Crippen molar-refractivity contribution >= 4 is 16.9 Å². The predicted molar refractivity (Wildman–Crippen MR) is 74.9 cm³/mol. The molecule has 0 amide bonds. The molecule has 5 heteroatoms. The Morgan fingerprint density at radius 3 is 2.74 bits per heavy atom. The molecule has 0 aliphatic carbocycles. The predicted octanol–water partition coefficient (Wildman–Crippen LogP) is 2.58. The van der Waals surface area contributed by atoms with Gasteiger partial charge in [-0.05, 0) is 37.6 Å². The Morgan fingerprint density at radius 2 is 1.95 bits per heavy atom. The second kappa shape index (κ2) is 4.68. The largest absolute Gasteiger partial charge is 0.365 e. The fourth-order valence-corrected chi connectivity index (χ4v) is 2.22. The fraction of sp³-hybridized carbons (Fsp3) is 0.214. The van der Waals surface area contributed by atoms with Crippen LogP contribution in [0.2, 0.25) is 0 Å². The summed E-state index contributed by atoms with van der Waals surface area (Å²) in [6.07, 6.45) is 3.43. The molecule has 3 heterocycles. The summed E-state index contributed by atoms with van der Waals surface area (Å²) in [6.45, 7) is 4.73. The molecule has 0 atom stereocenters. The minimum absolute atomic E-state index is 0.724. The van der Waals surface area contributed by atoms with Gasteiger partial charge in [0.25, 0.3) is 0 Å². The van der Waals surface area contributed by atoms with E-state index in [1.807, 2.05) is 26.1 Å². The molecule has 5 nitrogen and oxygen atoms in total. The number of hydrogen-bond acceptors (Lipinski definition) is 4. The standard InChI is InChI=1S/C14H15N5/c1-9-5-11(6-10(2)19-9)7-16-14-12-3-4-15-13(12)17-8-18-14/h3-6,8H,7H2,1-2H3,(H2,15,16,17,18). The first-order valence-corrected chi connectivity index (χ1v) is 6.18. The van der Waals surface area contributed by atoms with E-state index in [0.29, 0.717) is 0 Å². The van der Waals surface area contributed by atoms with Crippen LogP contribution in [0.3, 0.4) is 0 Å². The van der Waals surface area contributed by atoms with Gasteiger partial charge >= 0.3 is 0 Å². The van der Waals surface area contributed by atoms with Crippen molar-refractivity contribution in [1.82, 2.24) is 19.9 Å². The SMILES string of the molecule is Cc1cc(CNc2ncnc3[nH]ccc23)cc(C)n1. The molecule has 0 aromatic carbocycles. The number of aromatic amines is 1. The van der Waals surface area contributed by atoms with Crippen molar-refractivity contribution in [2.24, 2.45) is 0 Å². The summed E-state index contributed by atoms with van der Waals surface area (Å²) in [5.41, 5.74) is 4.12. The van der Waals surface area contributed by atoms with E-state index in [0.717, 1.165) is 34.8 Å². The Balaban J connectivity index is 1.84. The van der Waals surface area contributed by atoms with Gasteiger partial charge in [0.05, 0.1) is 5.39 Å². The Kier molecular flexibility index (Phi) is 2.87. The van der Waals surface area contributed by atoms with Gasteiger partial charge < -0.3 is 10.3 Å². The molecular weight excluding hydrogens is 238 g/mol. The highest BCUT2D eigenvalue weighted by molar-refractivity contribution is 5.86. The van der Waals surface area contributed by atoms with Crippen LogP contribution in [0.1, 0.15) is 17.0 Å². The van der Waals surface area contributed by atoms with Crippen LogP contribution in [0.15, 0.2) is 30.7 Å². The van der Waals surface area contributed by atoms with Gasteiger partial charge in [-0.2, -0.15) is 0 Å². The lowest BCUT2D eigenvalue weighted by atomic mass is 10.2. The van der Waals surface area contributed by atoms with E-state index in [9.17, 15) is 0 Å². The number of hydrogen-bond donors (Lipinski definition) is 2. The molecular formula is C14H15N5. The number of rotatable bonds is 3. The first kappa shape index (κ1) is 11.6. The average Bonchev–Trinajstić information content (AvgIpc) is 2.83. The summed E-state index contributed by atoms with van der Waals surface area (Å²) in [5.74, 6) is 0.846. The second-order valence-corrected chi connectivity index (χ2v) is 4.57. The average molecular weight is 253 g/mol. The van der Waals surface area contributed by atoms with Gasteiger partial charge in [0, 0.05) is 24.1 Å². The molecule has 3 rings (SSSR count). The van der Waals surface area contributed by atoms with Crippen molar-refractivity contribution < 1.29 is 0 Å². The molecule has 0 aliphatic heterocycles. The van der Waals surface area contributed by atoms with Crippen LogP contribution in [0.5, 0.6) is 0 Å². The van der Waals surface area contributed by atoms with E-state index in [2.05, 4.69) is 37.4 Å². The summed E-state index contributed by atoms with van der Waals surface area (Å²) >= 11 is 0. The van der Waals surface area contributed by atoms with Crippen LogP contribution in [0, 0.1) is 13.8 Å². The van der Waals surface area contributed by atoms with Crippen molar-refractivity contribution in [1.29, 1.82) is 0 Å². The van der Waals surface area contributed by atoms with Crippen molar-refractivity contribution in [3.8, 4) is 0 Å². The lowest BCUT2D eigenvalue weighted by molar-refractivity contribution is 1.04. The zero-order chi connectivity index (χ0) is 13.2. The number of H-pyrrole nitrogens is 1. The maximum absolute atomic E-state index is 4.37. The van der Waals surface area contributed by atoms with Gasteiger partial charge in [-0.1, -0.05) is 0 Å². The van der Waals surface area contributed by atoms with E-state index in [1.165, 1.54) is 5.56 Å². The van der Waals surface area contributed by atoms with E-state index < -0.39 is 0 Å². The highest BCUT2D eigenvalue weighted by Gasteiger charge is 2.04. The number of nitrogens with zero attached hydrogens (tertiary/aromatic N) is 3. The van der Waals surface area contributed by atoms with E-state index in [4.69, 9.17) is 0 Å². The quantitative estimate of drug-likeness (QED) is 0.753. The molecule has 0 fully saturated rings. The molecule has 2 N–H and O–H groups in total. The summed E-state index contributed by atoms with van der Waals surface area (Å²) in [7, 11) is 0. The maximum atomic E-state index is 4.37. The Hall–Kier alpha value is -2.43. The molecule has 0 spiro atoms. The van der Waals surface area contributed by atoms with E-state index in [-0.39, 0.29) is 0 Å². The molecule has 96 valence electrons. The summed E-state index contributed by atoms with van der Waals surface area (Å²) in [4.78, 5) is 15.9. The van der Waals surface area contributed by atoms with Gasteiger partial charge in [-0.15, -0.1) is 0 Å². The smallest absolute Gasteiger partial charge is 0.142 e. The molecule has 0 saturated heterocycles. The van der Waals surface area contributed by atoms with Gasteiger partial charge in [0.2, 0.25) is 0 Å². The first-order chi connectivity index (χ1) is 9.22. The summed E-state index contributed by atoms with van der Waals surface area (Å²) in [5, 5.41) is 4.35. The zero-order valence-corrected chi connectivity index (χ0v) is 10.9. The lowest BCUT2D eigenvalue weighted by Gasteiger charge is -2.08. The molecule has 19 heavy (non-hydrogen) atoms. The third-order valence-corrected chi connectivity index (χ3v) is 2.96. The van der Waals surface area contributed by atoms with Crippen LogP contribution in [0.25, 0.3) is 11.0 Å². The molecule has 0 unspecified atom stereocenters. The van der Waals surface area contributed by atoms with Gasteiger partial charge in [-0.25, -0.2) is 9.97 Å². The van der Waals surface area contributed by atoms with Crippen molar-refractivity contribution in [2.45, 2.75) is 20.4 Å². The second-order valence-electron chi connectivity index (χ2n) is 4.57. The normalized spacial score (nSPS) is 10.8. The highest BCUT2D eigenvalue weighted by atomic mass is 15.0. The third kappa shape index (κ3) is 2.40. The molecule has 3 aromatic heterocycles. The molecule has 3 aromatic rings.